The van der Waals surface area contributed by atoms with E-state index in [1.807, 2.05) is 21.4 Å². The zero-order valence-corrected chi connectivity index (χ0v) is 13.1. The third-order valence-electron chi connectivity index (χ3n) is 2.34. The Labute approximate surface area is 120 Å². The molecule has 0 saturated heterocycles. The average Bonchev–Trinajstić information content (AvgIpc) is 2.95. The maximum atomic E-state index is 4.45. The third-order valence-corrected chi connectivity index (χ3v) is 4.82. The molecule has 8 heteroatoms. The first-order valence-electron chi connectivity index (χ1n) is 4.69. The van der Waals surface area contributed by atoms with Gasteiger partial charge in [0.1, 0.15) is 10.3 Å². The number of rotatable bonds is 2. The van der Waals surface area contributed by atoms with E-state index in [1.54, 1.807) is 18.6 Å². The van der Waals surface area contributed by atoms with E-state index in [0.29, 0.717) is 6.37 Å². The van der Waals surface area contributed by atoms with Gasteiger partial charge < -0.3 is 0 Å². The van der Waals surface area contributed by atoms with Crippen molar-refractivity contribution < 1.29 is 0 Å². The molecule has 0 bridgehead atoms. The highest BCUT2D eigenvalue weighted by molar-refractivity contribution is 14.2. The molecule has 0 aliphatic heterocycles. The van der Waals surface area contributed by atoms with Crippen molar-refractivity contribution in [3.05, 3.63) is 35.5 Å². The van der Waals surface area contributed by atoms with E-state index in [9.17, 15) is 0 Å². The molecule has 3 rings (SSSR count). The largest absolute Gasteiger partial charge is 0.262 e. The van der Waals surface area contributed by atoms with Gasteiger partial charge in [0.15, 0.2) is 0 Å². The van der Waals surface area contributed by atoms with Crippen LogP contribution in [0.5, 0.6) is 0 Å². The summed E-state index contributed by atoms with van der Waals surface area (Å²) in [6.45, 7) is 0. The molecule has 86 valence electrons. The third kappa shape index (κ3) is 2.00. The average molecular weight is 422 g/mol. The Morgan fingerprint density at radius 3 is 3.00 bits per heavy atom. The lowest BCUT2D eigenvalue weighted by Crippen LogP contribution is -1.94. The van der Waals surface area contributed by atoms with Crippen molar-refractivity contribution in [3.63, 3.8) is 0 Å². The van der Waals surface area contributed by atoms with E-state index in [0.717, 1.165) is 21.2 Å². The monoisotopic (exact) mass is 421 g/mol. The molecule has 3 aromatic heterocycles. The summed E-state index contributed by atoms with van der Waals surface area (Å²) >= 11 is 5.74. The summed E-state index contributed by atoms with van der Waals surface area (Å²) < 4.78 is 4.54. The van der Waals surface area contributed by atoms with Crippen molar-refractivity contribution in [3.8, 4) is 5.69 Å². The van der Waals surface area contributed by atoms with E-state index in [-0.39, 0.29) is 0 Å². The number of fused-ring (bicyclic) bond motifs is 1. The topological polar surface area (TPSA) is 48.5 Å². The number of pyridine rings is 1. The fraction of sp³-hybridized carbons (Fsp3) is 0. The molecular formula is C9H6BrIN5P. The van der Waals surface area contributed by atoms with Crippen molar-refractivity contribution in [2.75, 3.05) is 0 Å². The summed E-state index contributed by atoms with van der Waals surface area (Å²) in [6.07, 6.45) is 7.92. The lowest BCUT2D eigenvalue weighted by atomic mass is 10.3. The minimum atomic E-state index is 0.587. The molecule has 3 heterocycles. The number of hydrogen-bond acceptors (Lipinski definition) is 3. The first-order chi connectivity index (χ1) is 8.29. The normalized spacial score (nSPS) is 11.9. The second-order valence-corrected chi connectivity index (χ2v) is 6.15. The minimum Gasteiger partial charge on any atom is -0.262 e. The van der Waals surface area contributed by atoms with Gasteiger partial charge in [-0.2, -0.15) is 10.2 Å². The molecule has 1 atom stereocenters. The number of nitrogens with zero attached hydrogens (tertiary/aromatic N) is 5. The Morgan fingerprint density at radius 2 is 2.24 bits per heavy atom. The SMILES string of the molecule is Brc1nn(-c2cnn(PI)c2)c2cnccc12. The second-order valence-electron chi connectivity index (χ2n) is 3.32. The van der Waals surface area contributed by atoms with Crippen LogP contribution in [0.25, 0.3) is 16.6 Å². The van der Waals surface area contributed by atoms with Gasteiger partial charge in [-0.25, -0.2) is 9.13 Å². The maximum absolute atomic E-state index is 4.45. The van der Waals surface area contributed by atoms with Crippen molar-refractivity contribution in [1.82, 2.24) is 24.3 Å². The van der Waals surface area contributed by atoms with Crippen LogP contribution < -0.4 is 0 Å². The predicted molar refractivity (Wildman–Crippen MR) is 80.1 cm³/mol. The van der Waals surface area contributed by atoms with Gasteiger partial charge >= 0.3 is 0 Å². The first kappa shape index (κ1) is 11.6. The van der Waals surface area contributed by atoms with Gasteiger partial charge in [0.05, 0.1) is 30.5 Å². The molecule has 3 aromatic rings. The molecule has 0 saturated carbocycles. The fourth-order valence-electron chi connectivity index (χ4n) is 1.59. The van der Waals surface area contributed by atoms with Crippen molar-refractivity contribution >= 4 is 55.2 Å². The molecule has 5 nitrogen and oxygen atoms in total. The lowest BCUT2D eigenvalue weighted by Gasteiger charge is -1.97. The Bertz CT molecular complexity index is 679. The summed E-state index contributed by atoms with van der Waals surface area (Å²) in [7, 11) is 0. The van der Waals surface area contributed by atoms with Crippen LogP contribution in [-0.4, -0.2) is 24.3 Å². The lowest BCUT2D eigenvalue weighted by molar-refractivity contribution is 0.897. The van der Waals surface area contributed by atoms with Gasteiger partial charge in [0.2, 0.25) is 0 Å². The minimum absolute atomic E-state index is 0.587. The van der Waals surface area contributed by atoms with Crippen LogP contribution in [0.1, 0.15) is 0 Å². The highest BCUT2D eigenvalue weighted by Gasteiger charge is 2.10. The van der Waals surface area contributed by atoms with E-state index in [4.69, 9.17) is 0 Å². The molecule has 17 heavy (non-hydrogen) atoms. The zero-order chi connectivity index (χ0) is 11.8. The highest BCUT2D eigenvalue weighted by Crippen LogP contribution is 2.27. The first-order valence-corrected chi connectivity index (χ1v) is 9.55. The quantitative estimate of drug-likeness (QED) is 0.471. The van der Waals surface area contributed by atoms with Crippen LogP contribution in [0.15, 0.2) is 35.5 Å². The maximum Gasteiger partial charge on any atom is 0.136 e. The van der Waals surface area contributed by atoms with Crippen LogP contribution in [0.3, 0.4) is 0 Å². The molecule has 0 fully saturated rings. The molecule has 0 aromatic carbocycles. The molecular weight excluding hydrogens is 416 g/mol. The van der Waals surface area contributed by atoms with Crippen LogP contribution in [0.4, 0.5) is 0 Å². The Balaban J connectivity index is 2.23. The summed E-state index contributed by atoms with van der Waals surface area (Å²) in [6, 6.07) is 1.94. The Morgan fingerprint density at radius 1 is 1.35 bits per heavy atom. The Hall–Kier alpha value is -0.530. The number of hydrogen-bond donors (Lipinski definition) is 0. The van der Waals surface area contributed by atoms with E-state index >= 15 is 0 Å². The van der Waals surface area contributed by atoms with Crippen LogP contribution in [0, 0.1) is 0 Å². The standard InChI is InChI=1S/C9H6BrIN5P/c10-9-7-1-2-12-4-8(7)16(14-9)6-3-13-15(5-6)17-11/h1-5,17H. The van der Waals surface area contributed by atoms with Gasteiger partial charge in [-0.3, -0.25) is 4.98 Å². The van der Waals surface area contributed by atoms with Crippen LogP contribution >= 0.6 is 44.3 Å². The fourth-order valence-corrected chi connectivity index (χ4v) is 3.16. The molecule has 0 aliphatic carbocycles. The van der Waals surface area contributed by atoms with Gasteiger partial charge in [0.25, 0.3) is 0 Å². The molecule has 0 aliphatic rings. The van der Waals surface area contributed by atoms with E-state index in [1.165, 1.54) is 0 Å². The number of aromatic nitrogens is 5. The summed E-state index contributed by atoms with van der Waals surface area (Å²) in [4.78, 5) is 4.13. The van der Waals surface area contributed by atoms with Crippen molar-refractivity contribution in [2.24, 2.45) is 0 Å². The smallest absolute Gasteiger partial charge is 0.136 e. The van der Waals surface area contributed by atoms with Crippen molar-refractivity contribution in [1.29, 1.82) is 0 Å². The molecule has 0 radical (unpaired) electrons. The van der Waals surface area contributed by atoms with Crippen molar-refractivity contribution in [2.45, 2.75) is 0 Å². The zero-order valence-electron chi connectivity index (χ0n) is 8.38. The molecule has 0 spiro atoms. The highest BCUT2D eigenvalue weighted by atomic mass is 127. The predicted octanol–water partition coefficient (Wildman–Crippen LogP) is 3.17. The van der Waals surface area contributed by atoms with Gasteiger partial charge in [-0.05, 0) is 44.0 Å². The van der Waals surface area contributed by atoms with E-state index < -0.39 is 0 Å². The van der Waals surface area contributed by atoms with Crippen LogP contribution in [0.2, 0.25) is 0 Å². The molecule has 1 unspecified atom stereocenters. The molecule has 0 N–H and O–H groups in total. The summed E-state index contributed by atoms with van der Waals surface area (Å²) in [5.41, 5.74) is 1.91. The second kappa shape index (κ2) is 4.62. The molecule has 0 amide bonds. The number of halogens is 2. The van der Waals surface area contributed by atoms with Gasteiger partial charge in [-0.15, -0.1) is 0 Å². The summed E-state index contributed by atoms with van der Waals surface area (Å²) in [5.74, 6) is 0. The van der Waals surface area contributed by atoms with Crippen LogP contribution in [-0.2, 0) is 0 Å². The Kier molecular flexibility index (Phi) is 3.14. The van der Waals surface area contributed by atoms with Gasteiger partial charge in [0, 0.05) is 11.6 Å². The summed E-state index contributed by atoms with van der Waals surface area (Å²) in [5, 5.41) is 9.75. The van der Waals surface area contributed by atoms with Gasteiger partial charge in [-0.1, -0.05) is 0 Å². The van der Waals surface area contributed by atoms with E-state index in [2.05, 4.69) is 53.2 Å².